The highest BCUT2D eigenvalue weighted by Gasteiger charge is 2.22. The van der Waals surface area contributed by atoms with Crippen molar-refractivity contribution in [1.82, 2.24) is 0 Å². The molecule has 0 radical (unpaired) electrons. The minimum absolute atomic E-state index is 1.25. The second-order valence-electron chi connectivity index (χ2n) is 13.0. The van der Waals surface area contributed by atoms with Crippen LogP contribution >= 0.6 is 0 Å². The van der Waals surface area contributed by atoms with Gasteiger partial charge in [-0.2, -0.15) is 0 Å². The van der Waals surface area contributed by atoms with Crippen molar-refractivity contribution in [3.8, 4) is 55.6 Å². The van der Waals surface area contributed by atoms with E-state index in [9.17, 15) is 0 Å². The van der Waals surface area contributed by atoms with E-state index in [1.54, 1.807) is 0 Å². The van der Waals surface area contributed by atoms with Crippen molar-refractivity contribution in [2.45, 2.75) is 27.7 Å². The molecule has 8 aromatic carbocycles. The number of rotatable bonds is 5. The Morgan fingerprint density at radius 3 is 1.04 bits per heavy atom. The molecule has 230 valence electrons. The molecular formula is C48H38. The summed E-state index contributed by atoms with van der Waals surface area (Å²) in [6.45, 7) is 9.20. The summed E-state index contributed by atoms with van der Waals surface area (Å²) in [6.07, 6.45) is 0. The lowest BCUT2D eigenvalue weighted by Gasteiger charge is -2.23. The van der Waals surface area contributed by atoms with E-state index in [1.165, 1.54) is 99.4 Å². The summed E-state index contributed by atoms with van der Waals surface area (Å²) < 4.78 is 0. The highest BCUT2D eigenvalue weighted by atomic mass is 14.2. The molecule has 0 aliphatic rings. The van der Waals surface area contributed by atoms with E-state index < -0.39 is 0 Å². The molecule has 0 aromatic heterocycles. The van der Waals surface area contributed by atoms with Gasteiger partial charge in [0.1, 0.15) is 0 Å². The van der Waals surface area contributed by atoms with Crippen LogP contribution in [0.1, 0.15) is 22.3 Å². The minimum atomic E-state index is 1.25. The fourth-order valence-corrected chi connectivity index (χ4v) is 7.82. The first kappa shape index (κ1) is 29.7. The standard InChI is InChI=1S/C48H38/c1-31-39(35-17-7-5-8-18-35)25-15-27-41(31)45-29-37-21-11-13-23-43(37)47(33(45)3)48-34(4)46(30-38-22-12-14-24-44(38)48)42-28-16-26-40(32(42)2)36-19-9-6-10-20-36/h5-30H,1-4H3. The van der Waals surface area contributed by atoms with Crippen LogP contribution in [-0.4, -0.2) is 0 Å². The van der Waals surface area contributed by atoms with Gasteiger partial charge in [-0.3, -0.25) is 0 Å². The Balaban J connectivity index is 1.43. The maximum Gasteiger partial charge on any atom is -0.00608 e. The van der Waals surface area contributed by atoms with Crippen molar-refractivity contribution >= 4 is 21.5 Å². The Hall–Kier alpha value is -5.72. The molecule has 0 amide bonds. The fourth-order valence-electron chi connectivity index (χ4n) is 7.82. The van der Waals surface area contributed by atoms with Gasteiger partial charge in [0.25, 0.3) is 0 Å². The van der Waals surface area contributed by atoms with Gasteiger partial charge in [-0.1, -0.05) is 146 Å². The Labute approximate surface area is 284 Å². The van der Waals surface area contributed by atoms with Crippen molar-refractivity contribution in [2.75, 3.05) is 0 Å². The van der Waals surface area contributed by atoms with Gasteiger partial charge in [0.2, 0.25) is 0 Å². The molecule has 0 heteroatoms. The molecule has 0 unspecified atom stereocenters. The van der Waals surface area contributed by atoms with Gasteiger partial charge in [-0.05, 0) is 139 Å². The van der Waals surface area contributed by atoms with Crippen LogP contribution in [0.15, 0.2) is 158 Å². The smallest absolute Gasteiger partial charge is 0.00608 e. The lowest BCUT2D eigenvalue weighted by Crippen LogP contribution is -1.99. The van der Waals surface area contributed by atoms with Crippen LogP contribution in [0.4, 0.5) is 0 Å². The van der Waals surface area contributed by atoms with Crippen LogP contribution in [0.2, 0.25) is 0 Å². The average Bonchev–Trinajstić information content (AvgIpc) is 3.13. The third kappa shape index (κ3) is 4.93. The van der Waals surface area contributed by atoms with Crippen LogP contribution in [0, 0.1) is 27.7 Å². The van der Waals surface area contributed by atoms with Crippen molar-refractivity contribution in [2.24, 2.45) is 0 Å². The zero-order chi connectivity index (χ0) is 32.8. The normalized spacial score (nSPS) is 11.3. The van der Waals surface area contributed by atoms with Gasteiger partial charge in [-0.25, -0.2) is 0 Å². The summed E-state index contributed by atoms with van der Waals surface area (Å²) in [5.74, 6) is 0. The Morgan fingerprint density at radius 2 is 0.625 bits per heavy atom. The van der Waals surface area contributed by atoms with Gasteiger partial charge in [0.05, 0.1) is 0 Å². The predicted octanol–water partition coefficient (Wildman–Crippen LogP) is 13.6. The summed E-state index contributed by atoms with van der Waals surface area (Å²) in [5, 5.41) is 5.09. The minimum Gasteiger partial charge on any atom is -0.0622 e. The summed E-state index contributed by atoms with van der Waals surface area (Å²) >= 11 is 0. The van der Waals surface area contributed by atoms with E-state index in [0.717, 1.165) is 0 Å². The highest BCUT2D eigenvalue weighted by Crippen LogP contribution is 2.47. The first-order valence-corrected chi connectivity index (χ1v) is 16.9. The predicted molar refractivity (Wildman–Crippen MR) is 208 cm³/mol. The van der Waals surface area contributed by atoms with Gasteiger partial charge in [0, 0.05) is 0 Å². The number of benzene rings is 8. The summed E-state index contributed by atoms with van der Waals surface area (Å²) in [5.41, 5.74) is 18.1. The van der Waals surface area contributed by atoms with Gasteiger partial charge < -0.3 is 0 Å². The van der Waals surface area contributed by atoms with Crippen LogP contribution in [0.3, 0.4) is 0 Å². The molecule has 0 nitrogen and oxygen atoms in total. The number of hydrogen-bond donors (Lipinski definition) is 0. The largest absolute Gasteiger partial charge is 0.0622 e. The Bertz CT molecular complexity index is 2290. The average molecular weight is 615 g/mol. The van der Waals surface area contributed by atoms with Crippen LogP contribution in [-0.2, 0) is 0 Å². The molecule has 0 fully saturated rings. The number of hydrogen-bond acceptors (Lipinski definition) is 0. The van der Waals surface area contributed by atoms with Gasteiger partial charge >= 0.3 is 0 Å². The fraction of sp³-hybridized carbons (Fsp3) is 0.0833. The molecule has 0 atom stereocenters. The molecule has 8 aromatic rings. The highest BCUT2D eigenvalue weighted by molar-refractivity contribution is 6.12. The molecule has 0 bridgehead atoms. The maximum absolute atomic E-state index is 2.40. The SMILES string of the molecule is Cc1c(-c2ccccc2)cccc1-c1cc2ccccc2c(-c2c(C)c(-c3cccc(-c4ccccc4)c3C)cc3ccccc23)c1C. The monoisotopic (exact) mass is 614 g/mol. The zero-order valence-electron chi connectivity index (χ0n) is 28.0. The molecule has 0 spiro atoms. The molecule has 0 aliphatic carbocycles. The van der Waals surface area contributed by atoms with Crippen LogP contribution in [0.5, 0.6) is 0 Å². The molecule has 0 aliphatic heterocycles. The molecule has 8 rings (SSSR count). The quantitative estimate of drug-likeness (QED) is 0.181. The van der Waals surface area contributed by atoms with Gasteiger partial charge in [0.15, 0.2) is 0 Å². The lowest BCUT2D eigenvalue weighted by molar-refractivity contribution is 1.39. The van der Waals surface area contributed by atoms with E-state index in [4.69, 9.17) is 0 Å². The second-order valence-corrected chi connectivity index (χ2v) is 13.0. The second kappa shape index (κ2) is 12.1. The topological polar surface area (TPSA) is 0 Å². The van der Waals surface area contributed by atoms with Crippen molar-refractivity contribution in [3.63, 3.8) is 0 Å². The molecular weight excluding hydrogens is 577 g/mol. The molecule has 48 heavy (non-hydrogen) atoms. The Morgan fingerprint density at radius 1 is 0.271 bits per heavy atom. The van der Waals surface area contributed by atoms with Crippen molar-refractivity contribution in [3.05, 3.63) is 180 Å². The van der Waals surface area contributed by atoms with E-state index in [0.29, 0.717) is 0 Å². The van der Waals surface area contributed by atoms with Gasteiger partial charge in [-0.15, -0.1) is 0 Å². The maximum atomic E-state index is 2.40. The first-order valence-electron chi connectivity index (χ1n) is 16.9. The molecule has 0 N–H and O–H groups in total. The van der Waals surface area contributed by atoms with Crippen LogP contribution < -0.4 is 0 Å². The van der Waals surface area contributed by atoms with Crippen molar-refractivity contribution < 1.29 is 0 Å². The van der Waals surface area contributed by atoms with E-state index in [-0.39, 0.29) is 0 Å². The third-order valence-electron chi connectivity index (χ3n) is 10.3. The third-order valence-corrected chi connectivity index (χ3v) is 10.3. The van der Waals surface area contributed by atoms with E-state index in [2.05, 4.69) is 185 Å². The summed E-state index contributed by atoms with van der Waals surface area (Å²) in [6, 6.07) is 57.7. The lowest BCUT2D eigenvalue weighted by atomic mass is 9.80. The molecule has 0 saturated carbocycles. The molecule has 0 saturated heterocycles. The number of fused-ring (bicyclic) bond motifs is 2. The van der Waals surface area contributed by atoms with E-state index in [1.807, 2.05) is 0 Å². The summed E-state index contributed by atoms with van der Waals surface area (Å²) in [7, 11) is 0. The Kier molecular flexibility index (Phi) is 7.50. The van der Waals surface area contributed by atoms with Crippen LogP contribution in [0.25, 0.3) is 77.2 Å². The molecule has 0 heterocycles. The van der Waals surface area contributed by atoms with E-state index >= 15 is 0 Å². The van der Waals surface area contributed by atoms with Crippen molar-refractivity contribution in [1.29, 1.82) is 0 Å². The first-order chi connectivity index (χ1) is 23.5. The summed E-state index contributed by atoms with van der Waals surface area (Å²) in [4.78, 5) is 0. The zero-order valence-corrected chi connectivity index (χ0v) is 28.0.